The maximum Gasteiger partial charge on any atom is 0.124 e. The fourth-order valence-electron chi connectivity index (χ4n) is 1.56. The van der Waals surface area contributed by atoms with Gasteiger partial charge in [0.2, 0.25) is 0 Å². The Labute approximate surface area is 121 Å². The Balaban J connectivity index is 0.000000482. The summed E-state index contributed by atoms with van der Waals surface area (Å²) in [5.74, 6) is 0. The van der Waals surface area contributed by atoms with E-state index in [1.54, 1.807) is 11.3 Å². The minimum absolute atomic E-state index is 1.13. The number of thiophene rings is 1. The quantitative estimate of drug-likeness (QED) is 0.454. The van der Waals surface area contributed by atoms with E-state index < -0.39 is 0 Å². The second-order valence-corrected chi connectivity index (χ2v) is 3.98. The summed E-state index contributed by atoms with van der Waals surface area (Å²) >= 11 is 1.75. The molecule has 104 valence electrons. The van der Waals surface area contributed by atoms with Crippen LogP contribution in [0.15, 0.2) is 42.6 Å². The van der Waals surface area contributed by atoms with Crippen LogP contribution in [0.4, 0.5) is 0 Å². The molecule has 0 atom stereocenters. The number of hydrogen-bond acceptors (Lipinski definition) is 2. The van der Waals surface area contributed by atoms with E-state index >= 15 is 0 Å². The van der Waals surface area contributed by atoms with Gasteiger partial charge in [0.1, 0.15) is 4.83 Å². The zero-order valence-electron chi connectivity index (χ0n) is 12.9. The molecule has 0 fully saturated rings. The lowest BCUT2D eigenvalue weighted by Gasteiger charge is -1.87. The SMILES string of the molecule is CC.CC.CC.c1ccc2c(c1)sc1ncccc12. The minimum Gasteiger partial charge on any atom is -0.245 e. The molecule has 0 aliphatic carbocycles. The Morgan fingerprint density at radius 2 is 1.32 bits per heavy atom. The average molecular weight is 275 g/mol. The normalized spacial score (nSPS) is 8.53. The molecule has 1 nitrogen and oxygen atoms in total. The van der Waals surface area contributed by atoms with Crippen LogP contribution >= 0.6 is 11.3 Å². The topological polar surface area (TPSA) is 12.9 Å². The molecule has 0 aliphatic rings. The highest BCUT2D eigenvalue weighted by molar-refractivity contribution is 7.25. The van der Waals surface area contributed by atoms with Crippen molar-refractivity contribution in [1.29, 1.82) is 0 Å². The Morgan fingerprint density at radius 1 is 0.737 bits per heavy atom. The van der Waals surface area contributed by atoms with E-state index in [9.17, 15) is 0 Å². The lowest BCUT2D eigenvalue weighted by Crippen LogP contribution is -1.67. The van der Waals surface area contributed by atoms with Crippen LogP contribution in [0.1, 0.15) is 41.5 Å². The number of rotatable bonds is 0. The molecular weight excluding hydrogens is 250 g/mol. The first-order valence-corrected chi connectivity index (χ1v) is 7.99. The van der Waals surface area contributed by atoms with Crippen LogP contribution in [0, 0.1) is 0 Å². The predicted octanol–water partition coefficient (Wildman–Crippen LogP) is 6.53. The Morgan fingerprint density at radius 3 is 2.00 bits per heavy atom. The zero-order valence-corrected chi connectivity index (χ0v) is 13.7. The molecular formula is C17H25NS. The van der Waals surface area contributed by atoms with E-state index in [0.29, 0.717) is 0 Å². The zero-order chi connectivity index (χ0) is 14.7. The van der Waals surface area contributed by atoms with Crippen LogP contribution in [0.2, 0.25) is 0 Å². The molecule has 0 spiro atoms. The van der Waals surface area contributed by atoms with Gasteiger partial charge in [-0.3, -0.25) is 0 Å². The van der Waals surface area contributed by atoms with Gasteiger partial charge in [-0.15, -0.1) is 11.3 Å². The van der Waals surface area contributed by atoms with Gasteiger partial charge in [-0.1, -0.05) is 59.7 Å². The van der Waals surface area contributed by atoms with Crippen molar-refractivity contribution in [2.45, 2.75) is 41.5 Å². The van der Waals surface area contributed by atoms with Crippen molar-refractivity contribution in [2.75, 3.05) is 0 Å². The number of benzene rings is 1. The van der Waals surface area contributed by atoms with Crippen LogP contribution in [-0.2, 0) is 0 Å². The third kappa shape index (κ3) is 4.32. The molecule has 0 amide bonds. The Bertz CT molecular complexity index is 519. The lowest BCUT2D eigenvalue weighted by molar-refractivity contribution is 1.45. The number of pyridine rings is 1. The maximum absolute atomic E-state index is 4.34. The summed E-state index contributed by atoms with van der Waals surface area (Å²) in [5.41, 5.74) is 0. The molecule has 3 rings (SSSR count). The molecule has 2 aromatic heterocycles. The second kappa shape index (κ2) is 10.5. The highest BCUT2D eigenvalue weighted by Crippen LogP contribution is 2.31. The molecule has 0 unspecified atom stereocenters. The molecule has 19 heavy (non-hydrogen) atoms. The Kier molecular flexibility index (Phi) is 9.73. The van der Waals surface area contributed by atoms with Gasteiger partial charge in [-0.2, -0.15) is 0 Å². The fraction of sp³-hybridized carbons (Fsp3) is 0.353. The molecule has 0 saturated heterocycles. The lowest BCUT2D eigenvalue weighted by atomic mass is 10.2. The van der Waals surface area contributed by atoms with Crippen molar-refractivity contribution in [2.24, 2.45) is 0 Å². The van der Waals surface area contributed by atoms with Gasteiger partial charge in [0.15, 0.2) is 0 Å². The molecule has 0 radical (unpaired) electrons. The molecule has 2 heteroatoms. The molecule has 0 saturated carbocycles. The van der Waals surface area contributed by atoms with Crippen LogP contribution in [0.5, 0.6) is 0 Å². The third-order valence-corrected chi connectivity index (χ3v) is 3.25. The van der Waals surface area contributed by atoms with E-state index in [2.05, 4.69) is 35.3 Å². The molecule has 0 N–H and O–H groups in total. The molecule has 2 heterocycles. The molecule has 0 aliphatic heterocycles. The average Bonchev–Trinajstić information content (AvgIpc) is 2.92. The predicted molar refractivity (Wildman–Crippen MR) is 91.2 cm³/mol. The Hall–Kier alpha value is -1.41. The minimum atomic E-state index is 1.13. The summed E-state index contributed by atoms with van der Waals surface area (Å²) < 4.78 is 1.32. The monoisotopic (exact) mass is 275 g/mol. The van der Waals surface area contributed by atoms with Gasteiger partial charge in [0.05, 0.1) is 0 Å². The fourth-order valence-corrected chi connectivity index (χ4v) is 2.60. The first-order valence-electron chi connectivity index (χ1n) is 7.17. The van der Waals surface area contributed by atoms with Crippen molar-refractivity contribution in [3.8, 4) is 0 Å². The summed E-state index contributed by atoms with van der Waals surface area (Å²) in [6.07, 6.45) is 1.84. The van der Waals surface area contributed by atoms with Gasteiger partial charge >= 0.3 is 0 Å². The van der Waals surface area contributed by atoms with Crippen LogP contribution in [0.3, 0.4) is 0 Å². The maximum atomic E-state index is 4.34. The number of hydrogen-bond donors (Lipinski definition) is 0. The summed E-state index contributed by atoms with van der Waals surface area (Å²) in [4.78, 5) is 5.47. The molecule has 3 aromatic rings. The number of aromatic nitrogens is 1. The summed E-state index contributed by atoms with van der Waals surface area (Å²) in [6, 6.07) is 12.5. The summed E-state index contributed by atoms with van der Waals surface area (Å²) in [5, 5.41) is 2.58. The van der Waals surface area contributed by atoms with E-state index in [1.165, 1.54) is 15.5 Å². The van der Waals surface area contributed by atoms with Crippen molar-refractivity contribution >= 4 is 31.6 Å². The van der Waals surface area contributed by atoms with Crippen molar-refractivity contribution < 1.29 is 0 Å². The second-order valence-electron chi connectivity index (χ2n) is 2.95. The first kappa shape index (κ1) is 17.6. The van der Waals surface area contributed by atoms with E-state index in [1.807, 2.05) is 53.8 Å². The molecule has 0 bridgehead atoms. The summed E-state index contributed by atoms with van der Waals surface area (Å²) in [7, 11) is 0. The van der Waals surface area contributed by atoms with Gasteiger partial charge in [-0.25, -0.2) is 4.98 Å². The van der Waals surface area contributed by atoms with Gasteiger partial charge < -0.3 is 0 Å². The van der Waals surface area contributed by atoms with Gasteiger partial charge in [0.25, 0.3) is 0 Å². The van der Waals surface area contributed by atoms with Crippen molar-refractivity contribution in [3.63, 3.8) is 0 Å². The van der Waals surface area contributed by atoms with Gasteiger partial charge in [-0.05, 0) is 18.2 Å². The highest BCUT2D eigenvalue weighted by atomic mass is 32.1. The van der Waals surface area contributed by atoms with Crippen LogP contribution in [0.25, 0.3) is 20.3 Å². The third-order valence-electron chi connectivity index (χ3n) is 2.16. The summed E-state index contributed by atoms with van der Waals surface area (Å²) in [6.45, 7) is 12.0. The van der Waals surface area contributed by atoms with Crippen LogP contribution in [-0.4, -0.2) is 4.98 Å². The smallest absolute Gasteiger partial charge is 0.124 e. The van der Waals surface area contributed by atoms with E-state index in [4.69, 9.17) is 0 Å². The van der Waals surface area contributed by atoms with Crippen LogP contribution < -0.4 is 0 Å². The van der Waals surface area contributed by atoms with E-state index in [-0.39, 0.29) is 0 Å². The standard InChI is InChI=1S/C11H7NS.3C2H6/c1-2-6-10-8(4-1)9-5-3-7-12-11(9)13-10;3*1-2/h1-7H;3*1-2H3. The van der Waals surface area contributed by atoms with Gasteiger partial charge in [0, 0.05) is 21.7 Å². The number of fused-ring (bicyclic) bond motifs is 3. The van der Waals surface area contributed by atoms with E-state index in [0.717, 1.165) is 4.83 Å². The largest absolute Gasteiger partial charge is 0.245 e. The van der Waals surface area contributed by atoms with Crippen molar-refractivity contribution in [3.05, 3.63) is 42.6 Å². The number of nitrogens with zero attached hydrogens (tertiary/aromatic N) is 1. The first-order chi connectivity index (χ1) is 9.45. The highest BCUT2D eigenvalue weighted by Gasteiger charge is 2.02. The molecule has 1 aromatic carbocycles. The van der Waals surface area contributed by atoms with Crippen molar-refractivity contribution in [1.82, 2.24) is 4.98 Å².